The number of allylic oxidation sites excluding steroid dienone is 5. The van der Waals surface area contributed by atoms with Gasteiger partial charge in [-0.05, 0) is 175 Å². The van der Waals surface area contributed by atoms with Crippen molar-refractivity contribution < 1.29 is 124 Å². The SMILES string of the molecule is CCOCCOCCNC(=O)CON=C1[C@H](C)C[C@H](C)/C=C/C=C/C=C(\C)[C@@H](OC)C[C@@H]2CC[C@@H](C)[C@@](O)(O2)C(=O)C(=O)N2CCCC[C@H]2C(=O)O[C@H]([C@H](C)C[C@@H]2CC[C@@H](O)[C@H](OC)C2)C[C@@H](O)[C@H](C)/C=C(\C)[C@@H](O)[C@H]1OC.CCOCCOCCOCCOCCC(=O)NCCS(=O)(=O)c1ccc(C(=O)N2CCOc3ccc(-c4ccc(N)nc4)cc3C2)c(C)c1F. The Balaban J connectivity index is 0.000000385. The van der Waals surface area contributed by atoms with Crippen molar-refractivity contribution in [3.05, 3.63) is 119 Å². The van der Waals surface area contributed by atoms with E-state index in [0.717, 1.165) is 34.8 Å². The number of rotatable bonds is 35. The minimum absolute atomic E-state index is 0.00524. The molecule has 128 heavy (non-hydrogen) atoms. The van der Waals surface area contributed by atoms with Crippen LogP contribution in [0.3, 0.4) is 0 Å². The Hall–Kier alpha value is -8.04. The number of benzene rings is 2. The van der Waals surface area contributed by atoms with Gasteiger partial charge in [-0.2, -0.15) is 0 Å². The number of sulfone groups is 1. The third kappa shape index (κ3) is 33.4. The first-order valence-corrected chi connectivity index (χ1v) is 46.7. The summed E-state index contributed by atoms with van der Waals surface area (Å²) in [5.74, 6) is -8.86. The van der Waals surface area contributed by atoms with E-state index in [0.29, 0.717) is 153 Å². The number of aliphatic hydroxyl groups is 4. The molecule has 34 heteroatoms. The van der Waals surface area contributed by atoms with Gasteiger partial charge in [-0.3, -0.25) is 24.0 Å². The number of carbonyl (C=O) groups is 6. The number of hydrogen-bond donors (Lipinski definition) is 7. The van der Waals surface area contributed by atoms with Gasteiger partial charge in [-0.25, -0.2) is 22.6 Å². The first-order valence-electron chi connectivity index (χ1n) is 45.1. The van der Waals surface area contributed by atoms with Gasteiger partial charge in [0.2, 0.25) is 11.7 Å². The van der Waals surface area contributed by atoms with E-state index in [1.165, 1.54) is 25.0 Å². The number of nitrogens with one attached hydrogen (secondary N) is 2. The number of oxime groups is 1. The monoisotopic (exact) mass is 1820 g/mol. The molecule has 716 valence electrons. The van der Waals surface area contributed by atoms with Crippen LogP contribution in [0.1, 0.15) is 167 Å². The van der Waals surface area contributed by atoms with E-state index in [1.54, 1.807) is 58.2 Å². The molecule has 5 aliphatic rings. The predicted octanol–water partition coefficient (Wildman–Crippen LogP) is 9.12. The Morgan fingerprint density at radius 3 is 2.09 bits per heavy atom. The lowest BCUT2D eigenvalue weighted by Gasteiger charge is -2.43. The lowest BCUT2D eigenvalue weighted by molar-refractivity contribution is -0.265. The quantitative estimate of drug-likeness (QED) is 0.00948. The zero-order chi connectivity index (χ0) is 93.5. The number of hydrogen-bond acceptors (Lipinski definition) is 28. The zero-order valence-electron chi connectivity index (χ0n) is 77.1. The van der Waals surface area contributed by atoms with E-state index in [9.17, 15) is 57.6 Å². The van der Waals surface area contributed by atoms with E-state index in [2.05, 4.69) is 27.7 Å². The molecule has 3 aromatic rings. The van der Waals surface area contributed by atoms with Gasteiger partial charge in [0.1, 0.15) is 53.2 Å². The number of methoxy groups -OCH3 is 3. The molecule has 8 N–H and O–H groups in total. The molecule has 1 aliphatic carbocycles. The van der Waals surface area contributed by atoms with E-state index < -0.39 is 128 Å². The summed E-state index contributed by atoms with van der Waals surface area (Å²) < 4.78 is 110. The maximum Gasteiger partial charge on any atom is 0.329 e. The highest BCUT2D eigenvalue weighted by Crippen LogP contribution is 2.39. The minimum Gasteiger partial charge on any atom is -0.491 e. The number of nitrogens with zero attached hydrogens (tertiary/aromatic N) is 4. The summed E-state index contributed by atoms with van der Waals surface area (Å²) in [6, 6.07) is 10.5. The predicted molar refractivity (Wildman–Crippen MR) is 479 cm³/mol. The van der Waals surface area contributed by atoms with Crippen LogP contribution in [0.4, 0.5) is 10.2 Å². The maximum absolute atomic E-state index is 15.5. The number of carbonyl (C=O) groups excluding carboxylic acids is 6. The molecule has 2 bridgehead atoms. The Labute approximate surface area is 754 Å². The molecule has 5 heterocycles. The van der Waals surface area contributed by atoms with Crippen molar-refractivity contribution in [3.63, 3.8) is 0 Å². The van der Waals surface area contributed by atoms with Crippen molar-refractivity contribution in [2.75, 3.05) is 151 Å². The molecule has 0 unspecified atom stereocenters. The number of nitrogen functional groups attached to an aromatic ring is 1. The highest BCUT2D eigenvalue weighted by molar-refractivity contribution is 7.91. The number of esters is 1. The van der Waals surface area contributed by atoms with Gasteiger partial charge in [0, 0.05) is 121 Å². The van der Waals surface area contributed by atoms with Crippen LogP contribution >= 0.6 is 0 Å². The van der Waals surface area contributed by atoms with Crippen LogP contribution in [0.2, 0.25) is 0 Å². The lowest BCUT2D eigenvalue weighted by Crippen LogP contribution is -2.61. The number of fused-ring (bicyclic) bond motifs is 4. The number of halogens is 1. The third-order valence-electron chi connectivity index (χ3n) is 24.1. The minimum atomic E-state index is -4.12. The summed E-state index contributed by atoms with van der Waals surface area (Å²) in [6.07, 6.45) is 12.5. The smallest absolute Gasteiger partial charge is 0.329 e. The van der Waals surface area contributed by atoms with Crippen LogP contribution < -0.4 is 21.1 Å². The molecule has 16 atom stereocenters. The molecule has 1 aromatic heterocycles. The summed E-state index contributed by atoms with van der Waals surface area (Å²) in [4.78, 5) is 93.9. The van der Waals surface area contributed by atoms with Crippen LogP contribution in [0.15, 0.2) is 106 Å². The average molecular weight is 1820 g/mol. The lowest BCUT2D eigenvalue weighted by atomic mass is 9.78. The number of aromatic nitrogens is 1. The van der Waals surface area contributed by atoms with Crippen molar-refractivity contribution >= 4 is 56.7 Å². The van der Waals surface area contributed by atoms with Crippen molar-refractivity contribution in [1.29, 1.82) is 0 Å². The van der Waals surface area contributed by atoms with E-state index in [1.807, 2.05) is 89.3 Å². The van der Waals surface area contributed by atoms with E-state index >= 15 is 4.39 Å². The fourth-order valence-corrected chi connectivity index (χ4v) is 17.7. The Morgan fingerprint density at radius 1 is 0.734 bits per heavy atom. The van der Waals surface area contributed by atoms with Crippen LogP contribution in [0, 0.1) is 48.2 Å². The maximum atomic E-state index is 15.5. The Kier molecular flexibility index (Phi) is 46.3. The molecule has 0 radical (unpaired) electrons. The molecule has 1 saturated carbocycles. The number of ketones is 1. The highest BCUT2D eigenvalue weighted by Gasteiger charge is 2.53. The molecule has 4 amide bonds. The third-order valence-corrected chi connectivity index (χ3v) is 25.8. The Morgan fingerprint density at radius 2 is 1.41 bits per heavy atom. The number of piperidine rings is 1. The van der Waals surface area contributed by atoms with E-state index in [4.69, 9.17) is 67.4 Å². The van der Waals surface area contributed by atoms with Crippen molar-refractivity contribution in [1.82, 2.24) is 25.4 Å². The van der Waals surface area contributed by atoms with Gasteiger partial charge in [-0.15, -0.1) is 0 Å². The number of anilines is 1. The summed E-state index contributed by atoms with van der Waals surface area (Å²) in [5, 5.41) is 56.5. The molecule has 32 nitrogen and oxygen atoms in total. The summed E-state index contributed by atoms with van der Waals surface area (Å²) >= 11 is 0. The molecule has 3 fully saturated rings. The molecule has 2 aromatic carbocycles. The molecule has 2 saturated heterocycles. The fraction of sp³-hybridized carbons (Fsp3) is 0.660. The van der Waals surface area contributed by atoms with Gasteiger partial charge in [0.25, 0.3) is 23.5 Å². The fourth-order valence-electron chi connectivity index (χ4n) is 16.4. The zero-order valence-corrected chi connectivity index (χ0v) is 77.9. The number of pyridine rings is 1. The molecule has 0 spiro atoms. The second-order valence-electron chi connectivity index (χ2n) is 33.7. The summed E-state index contributed by atoms with van der Waals surface area (Å²) in [6.45, 7) is 23.8. The molecule has 4 aliphatic heterocycles. The standard InChI is InChI=1S/C59H97N3O16.C35H45FN4O9S/c1-12-74-28-29-75-27-25-60-52(65)36-76-61-53-41(6)30-37(2)18-14-13-15-19-38(3)49(71-9)34-45-23-21-43(8)59(70,78-45)56(67)57(68)62-26-17-16-20-46(62)58(69)77-50(40(5)32-44-22-24-47(63)51(33-44)72-10)35-48(64)39(4)31-42(7)54(66)55(53)73-11;1-3-45-15-16-47-19-20-48-18-17-46-13-10-33(41)38-11-21-50(43,44)31-8-6-29(25(2)34(31)36)35(42)40-12-14-49-30-7-4-26(22-28(30)24-40)27-5-9-32(37)39-23-27/h13-15,18-19,31,37,39-41,43-51,54-55,63-64,66,70H,12,16-17,20-30,32-36H2,1-11H3,(H,60,65);4-9,22-23H,3,10-21,24H2,1-2H3,(H2,37,39)(H,38,41)/b15-13+,18-14+,38-19+,42-31+,61-53?;/t37-,39-,40-,41-,43-,44+,45+,46+,47-,48-,49+,50+,51-,54-,55+,59-;/m1./s1. The molecular weight excluding hydrogens is 1680 g/mol. The number of aliphatic hydroxyl groups excluding tert-OH is 3. The largest absolute Gasteiger partial charge is 0.491 e. The summed E-state index contributed by atoms with van der Waals surface area (Å²) in [7, 11) is 0.501. The number of amides is 4. The normalized spacial score (nSPS) is 27.6. The first-order chi connectivity index (χ1) is 61.3. The second-order valence-corrected chi connectivity index (χ2v) is 35.8. The Bertz CT molecular complexity index is 4250. The van der Waals surface area contributed by atoms with E-state index in [-0.39, 0.29) is 113 Å². The van der Waals surface area contributed by atoms with Crippen LogP contribution in [0.5, 0.6) is 5.75 Å². The van der Waals surface area contributed by atoms with Gasteiger partial charge in [0.05, 0.1) is 115 Å². The molecule has 8 rings (SSSR count). The topological polar surface area (TPSA) is 419 Å². The number of cyclic esters (lactones) is 1. The molecular formula is C94H142FN7O25S. The van der Waals surface area contributed by atoms with Crippen molar-refractivity contribution in [3.8, 4) is 16.9 Å². The van der Waals surface area contributed by atoms with Crippen LogP contribution in [-0.4, -0.2) is 291 Å². The van der Waals surface area contributed by atoms with Gasteiger partial charge in [0.15, 0.2) is 16.4 Å². The van der Waals surface area contributed by atoms with Crippen molar-refractivity contribution in [2.24, 2.45) is 40.7 Å². The van der Waals surface area contributed by atoms with Crippen LogP contribution in [-0.2, 0) is 97.3 Å². The van der Waals surface area contributed by atoms with Gasteiger partial charge in [-0.1, -0.05) is 82.3 Å². The summed E-state index contributed by atoms with van der Waals surface area (Å²) in [5.41, 5.74) is 9.86. The van der Waals surface area contributed by atoms with Crippen LogP contribution in [0.25, 0.3) is 11.1 Å². The number of ether oxygens (including phenoxy) is 12. The number of nitrogens with two attached hydrogens (primary N) is 1. The van der Waals surface area contributed by atoms with Gasteiger partial charge >= 0.3 is 5.97 Å². The number of Topliss-reactive ketones (excluding diaryl/α,β-unsaturated/α-hetero) is 1. The van der Waals surface area contributed by atoms with Gasteiger partial charge < -0.3 is 108 Å². The van der Waals surface area contributed by atoms with Crippen molar-refractivity contribution in [2.45, 2.75) is 225 Å². The first kappa shape index (κ1) is 107. The second kappa shape index (κ2) is 55.3. The average Bonchev–Trinajstić information content (AvgIpc) is 1.17. The highest BCUT2D eigenvalue weighted by atomic mass is 32.2.